The first kappa shape index (κ1) is 18.8. The predicted molar refractivity (Wildman–Crippen MR) is 101 cm³/mol. The second-order valence-corrected chi connectivity index (χ2v) is 6.44. The summed E-state index contributed by atoms with van der Waals surface area (Å²) >= 11 is 0. The Labute approximate surface area is 155 Å². The Bertz CT molecular complexity index is 1060. The molecule has 140 valence electrons. The van der Waals surface area contributed by atoms with Crippen LogP contribution in [0.15, 0.2) is 47.3 Å². The van der Waals surface area contributed by atoms with Crippen molar-refractivity contribution in [2.24, 2.45) is 0 Å². The zero-order valence-corrected chi connectivity index (χ0v) is 15.1. The number of rotatable bonds is 5. The topological polar surface area (TPSA) is 62.0 Å². The van der Waals surface area contributed by atoms with E-state index >= 15 is 0 Å². The number of carbonyl (C=O) groups is 1. The molecule has 1 atom stereocenters. The standard InChI is InChI=1S/C21H20F2N2O2/c1-3-14-16-6-4-5-7-19(16)25-21(27)17(14)11-20(26)24-12(2)15-9-8-13(22)10-18(15)23/h4-10,12H,3,11H2,1-2H3,(H,24,26)(H,25,27)/t12-/m0/s1. The summed E-state index contributed by atoms with van der Waals surface area (Å²) < 4.78 is 26.9. The van der Waals surface area contributed by atoms with Crippen molar-refractivity contribution in [3.8, 4) is 0 Å². The van der Waals surface area contributed by atoms with Gasteiger partial charge in [0.1, 0.15) is 11.6 Å². The number of aromatic nitrogens is 1. The first-order valence-electron chi connectivity index (χ1n) is 8.77. The van der Waals surface area contributed by atoms with Crippen molar-refractivity contribution in [3.63, 3.8) is 0 Å². The van der Waals surface area contributed by atoms with E-state index in [2.05, 4.69) is 10.3 Å². The van der Waals surface area contributed by atoms with Gasteiger partial charge in [0.2, 0.25) is 5.91 Å². The molecule has 1 heterocycles. The molecule has 0 aliphatic heterocycles. The van der Waals surface area contributed by atoms with Gasteiger partial charge in [-0.25, -0.2) is 8.78 Å². The summed E-state index contributed by atoms with van der Waals surface area (Å²) in [7, 11) is 0. The van der Waals surface area contributed by atoms with Crippen LogP contribution in [0.4, 0.5) is 8.78 Å². The van der Waals surface area contributed by atoms with Gasteiger partial charge in [0.15, 0.2) is 0 Å². The van der Waals surface area contributed by atoms with Crippen molar-refractivity contribution in [1.82, 2.24) is 10.3 Å². The van der Waals surface area contributed by atoms with Crippen LogP contribution in [0.25, 0.3) is 10.9 Å². The number of benzene rings is 2. The highest BCUT2D eigenvalue weighted by molar-refractivity contribution is 5.86. The molecule has 0 fully saturated rings. The van der Waals surface area contributed by atoms with Crippen LogP contribution < -0.4 is 10.9 Å². The monoisotopic (exact) mass is 370 g/mol. The van der Waals surface area contributed by atoms with Crippen LogP contribution in [-0.4, -0.2) is 10.9 Å². The van der Waals surface area contributed by atoms with E-state index in [-0.39, 0.29) is 17.5 Å². The smallest absolute Gasteiger partial charge is 0.252 e. The van der Waals surface area contributed by atoms with E-state index in [9.17, 15) is 18.4 Å². The van der Waals surface area contributed by atoms with Crippen LogP contribution in [0.2, 0.25) is 0 Å². The second-order valence-electron chi connectivity index (χ2n) is 6.44. The van der Waals surface area contributed by atoms with E-state index in [0.29, 0.717) is 12.0 Å². The minimum Gasteiger partial charge on any atom is -0.349 e. The number of amides is 1. The third-order valence-corrected chi connectivity index (χ3v) is 4.64. The third-order valence-electron chi connectivity index (χ3n) is 4.64. The van der Waals surface area contributed by atoms with Crippen LogP contribution in [0.3, 0.4) is 0 Å². The van der Waals surface area contributed by atoms with Crippen molar-refractivity contribution in [2.45, 2.75) is 32.7 Å². The van der Waals surface area contributed by atoms with E-state index in [0.717, 1.165) is 28.6 Å². The summed E-state index contributed by atoms with van der Waals surface area (Å²) in [4.78, 5) is 27.7. The molecule has 27 heavy (non-hydrogen) atoms. The number of pyridine rings is 1. The number of nitrogens with one attached hydrogen (secondary N) is 2. The number of para-hydroxylation sites is 1. The number of hydrogen-bond acceptors (Lipinski definition) is 2. The molecule has 0 radical (unpaired) electrons. The lowest BCUT2D eigenvalue weighted by Crippen LogP contribution is -2.31. The summed E-state index contributed by atoms with van der Waals surface area (Å²) in [6.45, 7) is 3.54. The van der Waals surface area contributed by atoms with Gasteiger partial charge in [0.25, 0.3) is 5.56 Å². The molecule has 3 rings (SSSR count). The molecule has 0 spiro atoms. The molecular weight excluding hydrogens is 350 g/mol. The minimum atomic E-state index is -0.722. The average molecular weight is 370 g/mol. The molecule has 0 aliphatic rings. The van der Waals surface area contributed by atoms with Gasteiger partial charge in [0, 0.05) is 28.1 Å². The Balaban J connectivity index is 1.85. The first-order chi connectivity index (χ1) is 12.9. The summed E-state index contributed by atoms with van der Waals surface area (Å²) in [5, 5.41) is 3.58. The van der Waals surface area contributed by atoms with Crippen LogP contribution in [0.1, 0.15) is 36.6 Å². The lowest BCUT2D eigenvalue weighted by Gasteiger charge is -2.16. The SMILES string of the molecule is CCc1c(CC(=O)N[C@@H](C)c2ccc(F)cc2F)c(=O)[nH]c2ccccc12. The Morgan fingerprint density at radius 3 is 2.59 bits per heavy atom. The van der Waals surface area contributed by atoms with Gasteiger partial charge in [-0.05, 0) is 31.0 Å². The molecule has 0 unspecified atom stereocenters. The summed E-state index contributed by atoms with van der Waals surface area (Å²) in [6, 6.07) is 10.0. The molecule has 2 N–H and O–H groups in total. The number of hydrogen-bond donors (Lipinski definition) is 2. The highest BCUT2D eigenvalue weighted by Gasteiger charge is 2.18. The maximum Gasteiger partial charge on any atom is 0.252 e. The molecule has 2 aromatic carbocycles. The fraction of sp³-hybridized carbons (Fsp3) is 0.238. The highest BCUT2D eigenvalue weighted by Crippen LogP contribution is 2.20. The van der Waals surface area contributed by atoms with Gasteiger partial charge in [-0.15, -0.1) is 0 Å². The molecular formula is C21H20F2N2O2. The van der Waals surface area contributed by atoms with Crippen molar-refractivity contribution >= 4 is 16.8 Å². The zero-order valence-electron chi connectivity index (χ0n) is 15.1. The van der Waals surface area contributed by atoms with E-state index in [1.165, 1.54) is 6.07 Å². The summed E-state index contributed by atoms with van der Waals surface area (Å²) in [5.74, 6) is -1.80. The third kappa shape index (κ3) is 3.89. The molecule has 0 aliphatic carbocycles. The normalized spacial score (nSPS) is 12.1. The maximum absolute atomic E-state index is 13.9. The van der Waals surface area contributed by atoms with Gasteiger partial charge in [-0.1, -0.05) is 31.2 Å². The predicted octanol–water partition coefficient (Wildman–Crippen LogP) is 3.79. The van der Waals surface area contributed by atoms with E-state index in [1.807, 2.05) is 31.2 Å². The van der Waals surface area contributed by atoms with Crippen LogP contribution in [0.5, 0.6) is 0 Å². The first-order valence-corrected chi connectivity index (χ1v) is 8.77. The molecule has 0 saturated carbocycles. The lowest BCUT2D eigenvalue weighted by molar-refractivity contribution is -0.121. The number of halogens is 2. The van der Waals surface area contributed by atoms with Crippen LogP contribution >= 0.6 is 0 Å². The van der Waals surface area contributed by atoms with Crippen molar-refractivity contribution in [1.29, 1.82) is 0 Å². The largest absolute Gasteiger partial charge is 0.349 e. The van der Waals surface area contributed by atoms with Gasteiger partial charge < -0.3 is 10.3 Å². The van der Waals surface area contributed by atoms with Crippen LogP contribution in [0, 0.1) is 11.6 Å². The van der Waals surface area contributed by atoms with Gasteiger partial charge >= 0.3 is 0 Å². The zero-order chi connectivity index (χ0) is 19.6. The molecule has 1 aromatic heterocycles. The average Bonchev–Trinajstić information content (AvgIpc) is 2.62. The van der Waals surface area contributed by atoms with Gasteiger partial charge in [0.05, 0.1) is 12.5 Å². The molecule has 1 amide bonds. The molecule has 0 saturated heterocycles. The fourth-order valence-electron chi connectivity index (χ4n) is 3.33. The maximum atomic E-state index is 13.9. The molecule has 4 nitrogen and oxygen atoms in total. The lowest BCUT2D eigenvalue weighted by atomic mass is 9.98. The van der Waals surface area contributed by atoms with Gasteiger partial charge in [-0.2, -0.15) is 0 Å². The minimum absolute atomic E-state index is 0.115. The number of carbonyl (C=O) groups excluding carboxylic acids is 1. The molecule has 0 bridgehead atoms. The number of fused-ring (bicyclic) bond motifs is 1. The van der Waals surface area contributed by atoms with Crippen molar-refractivity contribution in [3.05, 3.63) is 81.1 Å². The molecule has 3 aromatic rings. The van der Waals surface area contributed by atoms with Crippen molar-refractivity contribution in [2.75, 3.05) is 0 Å². The van der Waals surface area contributed by atoms with E-state index in [1.54, 1.807) is 6.92 Å². The Kier molecular flexibility index (Phi) is 5.35. The number of aromatic amines is 1. The number of aryl methyl sites for hydroxylation is 1. The molecule has 6 heteroatoms. The fourth-order valence-corrected chi connectivity index (χ4v) is 3.33. The van der Waals surface area contributed by atoms with Crippen molar-refractivity contribution < 1.29 is 13.6 Å². The quantitative estimate of drug-likeness (QED) is 0.718. The van der Waals surface area contributed by atoms with Gasteiger partial charge in [-0.3, -0.25) is 9.59 Å². The number of H-pyrrole nitrogens is 1. The summed E-state index contributed by atoms with van der Waals surface area (Å²) in [6.07, 6.45) is 0.492. The Morgan fingerprint density at radius 2 is 1.89 bits per heavy atom. The Morgan fingerprint density at radius 1 is 1.15 bits per heavy atom. The second kappa shape index (κ2) is 7.70. The van der Waals surface area contributed by atoms with Crippen LogP contribution in [-0.2, 0) is 17.6 Å². The van der Waals surface area contributed by atoms with E-state index in [4.69, 9.17) is 0 Å². The highest BCUT2D eigenvalue weighted by atomic mass is 19.1. The van der Waals surface area contributed by atoms with E-state index < -0.39 is 23.6 Å². The Hall–Kier alpha value is -3.02. The summed E-state index contributed by atoms with van der Waals surface area (Å²) in [5.41, 5.74) is 1.84.